The number of nitrogens with one attached hydrogen (secondary N) is 1. The molecule has 84 valence electrons. The molecule has 0 aliphatic carbocycles. The minimum absolute atomic E-state index is 0.0272. The molecular formula is C10H9NO4S. The first-order valence-electron chi connectivity index (χ1n) is 4.43. The Morgan fingerprint density at radius 2 is 1.75 bits per heavy atom. The zero-order chi connectivity index (χ0) is 11.8. The summed E-state index contributed by atoms with van der Waals surface area (Å²) in [5.74, 6) is -0.240. The number of benzene rings is 2. The summed E-state index contributed by atoms with van der Waals surface area (Å²) in [5, 5.41) is 10.8. The van der Waals surface area contributed by atoms with E-state index in [0.717, 1.165) is 5.39 Å². The summed E-state index contributed by atoms with van der Waals surface area (Å²) < 4.78 is 32.0. The Balaban J connectivity index is 2.71. The minimum atomic E-state index is -4.40. The van der Waals surface area contributed by atoms with Gasteiger partial charge in [-0.2, -0.15) is 8.42 Å². The van der Waals surface area contributed by atoms with E-state index in [-0.39, 0.29) is 11.4 Å². The number of hydrogen-bond donors (Lipinski definition) is 3. The van der Waals surface area contributed by atoms with Gasteiger partial charge < -0.3 is 5.11 Å². The van der Waals surface area contributed by atoms with Gasteiger partial charge in [-0.1, -0.05) is 30.3 Å². The first-order valence-corrected chi connectivity index (χ1v) is 5.87. The van der Waals surface area contributed by atoms with Crippen molar-refractivity contribution in [2.75, 3.05) is 4.72 Å². The van der Waals surface area contributed by atoms with Crippen LogP contribution < -0.4 is 4.72 Å². The molecule has 0 bridgehead atoms. The Labute approximate surface area is 92.2 Å². The molecule has 2 aromatic carbocycles. The second-order valence-corrected chi connectivity index (χ2v) is 4.41. The van der Waals surface area contributed by atoms with Crippen LogP contribution in [0.3, 0.4) is 0 Å². The van der Waals surface area contributed by atoms with Crippen LogP contribution in [0.15, 0.2) is 36.4 Å². The molecule has 0 spiro atoms. The summed E-state index contributed by atoms with van der Waals surface area (Å²) in [6.07, 6.45) is 0. The Kier molecular flexibility index (Phi) is 2.45. The third kappa shape index (κ3) is 2.07. The number of aromatic hydroxyl groups is 1. The molecule has 6 heteroatoms. The van der Waals surface area contributed by atoms with Crippen LogP contribution in [0.2, 0.25) is 0 Å². The Morgan fingerprint density at radius 1 is 1.06 bits per heavy atom. The molecule has 0 aliphatic rings. The summed E-state index contributed by atoms with van der Waals surface area (Å²) in [7, 11) is -4.40. The Morgan fingerprint density at radius 3 is 2.44 bits per heavy atom. The van der Waals surface area contributed by atoms with Gasteiger partial charge in [-0.25, -0.2) is 0 Å². The summed E-state index contributed by atoms with van der Waals surface area (Å²) in [5.41, 5.74) is -0.0272. The van der Waals surface area contributed by atoms with Crippen LogP contribution in [0.25, 0.3) is 10.8 Å². The maximum atomic E-state index is 10.7. The lowest BCUT2D eigenvalue weighted by atomic mass is 10.1. The fourth-order valence-corrected chi connectivity index (χ4v) is 1.97. The second-order valence-electron chi connectivity index (χ2n) is 3.26. The van der Waals surface area contributed by atoms with Crippen LogP contribution in [0, 0.1) is 0 Å². The van der Waals surface area contributed by atoms with Gasteiger partial charge in [-0.15, -0.1) is 0 Å². The highest BCUT2D eigenvalue weighted by molar-refractivity contribution is 7.87. The summed E-state index contributed by atoms with van der Waals surface area (Å²) in [6.45, 7) is 0. The van der Waals surface area contributed by atoms with E-state index in [1.54, 1.807) is 30.3 Å². The van der Waals surface area contributed by atoms with Crippen LogP contribution in [0.4, 0.5) is 5.69 Å². The van der Waals surface area contributed by atoms with Crippen LogP contribution in [-0.4, -0.2) is 18.1 Å². The van der Waals surface area contributed by atoms with Gasteiger partial charge in [0.05, 0.1) is 0 Å². The number of fused-ring (bicyclic) bond motifs is 1. The summed E-state index contributed by atoms with van der Waals surface area (Å²) in [6, 6.07) is 9.91. The van der Waals surface area contributed by atoms with Crippen molar-refractivity contribution in [3.63, 3.8) is 0 Å². The number of anilines is 1. The van der Waals surface area contributed by atoms with Crippen molar-refractivity contribution in [1.29, 1.82) is 0 Å². The normalized spacial score (nSPS) is 11.6. The fourth-order valence-electron chi connectivity index (χ4n) is 1.50. The highest BCUT2D eigenvalue weighted by Gasteiger charge is 2.11. The molecule has 0 aliphatic heterocycles. The average molecular weight is 239 g/mol. The molecule has 0 saturated heterocycles. The highest BCUT2D eigenvalue weighted by Crippen LogP contribution is 2.32. The van der Waals surface area contributed by atoms with Gasteiger partial charge in [0.2, 0.25) is 0 Å². The van der Waals surface area contributed by atoms with Crippen molar-refractivity contribution in [2.45, 2.75) is 0 Å². The number of hydrogen-bond acceptors (Lipinski definition) is 3. The van der Waals surface area contributed by atoms with Gasteiger partial charge >= 0.3 is 10.3 Å². The number of phenolic OH excluding ortho intramolecular Hbond substituents is 1. The Hall–Kier alpha value is -1.79. The molecule has 3 N–H and O–H groups in total. The van der Waals surface area contributed by atoms with Crippen molar-refractivity contribution in [3.8, 4) is 5.75 Å². The monoisotopic (exact) mass is 239 g/mol. The molecule has 0 amide bonds. The largest absolute Gasteiger partial charge is 0.506 e. The maximum absolute atomic E-state index is 10.7. The second kappa shape index (κ2) is 3.66. The van der Waals surface area contributed by atoms with Crippen molar-refractivity contribution in [3.05, 3.63) is 36.4 Å². The lowest BCUT2D eigenvalue weighted by molar-refractivity contribution is 0.474. The third-order valence-corrected chi connectivity index (χ3v) is 2.60. The topological polar surface area (TPSA) is 86.6 Å². The van der Waals surface area contributed by atoms with E-state index < -0.39 is 10.3 Å². The maximum Gasteiger partial charge on any atom is 0.357 e. The van der Waals surface area contributed by atoms with Gasteiger partial charge in [0.15, 0.2) is 0 Å². The van der Waals surface area contributed by atoms with E-state index in [1.165, 1.54) is 6.07 Å². The molecule has 0 atom stereocenters. The highest BCUT2D eigenvalue weighted by atomic mass is 32.2. The average Bonchev–Trinajstić information content (AvgIpc) is 2.21. The smallest absolute Gasteiger partial charge is 0.357 e. The quantitative estimate of drug-likeness (QED) is 0.550. The molecule has 0 aromatic heterocycles. The molecule has 0 fully saturated rings. The molecule has 0 unspecified atom stereocenters. The molecule has 2 rings (SSSR count). The molecule has 2 aromatic rings. The van der Waals surface area contributed by atoms with Gasteiger partial charge in [0.1, 0.15) is 11.4 Å². The van der Waals surface area contributed by atoms with Crippen LogP contribution in [0.1, 0.15) is 0 Å². The van der Waals surface area contributed by atoms with E-state index in [1.807, 2.05) is 4.72 Å². The van der Waals surface area contributed by atoms with Crippen LogP contribution in [0.5, 0.6) is 5.75 Å². The number of rotatable bonds is 2. The SMILES string of the molecule is O=S(=O)(O)Nc1c(O)ccc2ccccc12. The van der Waals surface area contributed by atoms with Gasteiger partial charge in [0, 0.05) is 5.39 Å². The first-order chi connectivity index (χ1) is 7.47. The third-order valence-electron chi connectivity index (χ3n) is 2.14. The zero-order valence-electron chi connectivity index (χ0n) is 8.08. The molecule has 5 nitrogen and oxygen atoms in total. The minimum Gasteiger partial charge on any atom is -0.506 e. The van der Waals surface area contributed by atoms with E-state index in [9.17, 15) is 13.5 Å². The lowest BCUT2D eigenvalue weighted by Gasteiger charge is -2.08. The first kappa shape index (κ1) is 10.7. The molecule has 0 heterocycles. The van der Waals surface area contributed by atoms with Crippen LogP contribution >= 0.6 is 0 Å². The molecule has 0 radical (unpaired) electrons. The van der Waals surface area contributed by atoms with E-state index in [4.69, 9.17) is 4.55 Å². The van der Waals surface area contributed by atoms with Crippen LogP contribution in [-0.2, 0) is 10.3 Å². The Bertz CT molecular complexity index is 636. The van der Waals surface area contributed by atoms with Gasteiger partial charge in [0.25, 0.3) is 0 Å². The number of phenols is 1. The molecule has 16 heavy (non-hydrogen) atoms. The molecular weight excluding hydrogens is 230 g/mol. The zero-order valence-corrected chi connectivity index (χ0v) is 8.90. The predicted octanol–water partition coefficient (Wildman–Crippen LogP) is 1.76. The van der Waals surface area contributed by atoms with E-state index >= 15 is 0 Å². The van der Waals surface area contributed by atoms with Gasteiger partial charge in [-0.05, 0) is 11.5 Å². The summed E-state index contributed by atoms with van der Waals surface area (Å²) in [4.78, 5) is 0. The lowest BCUT2D eigenvalue weighted by Crippen LogP contribution is -2.10. The van der Waals surface area contributed by atoms with E-state index in [2.05, 4.69) is 0 Å². The van der Waals surface area contributed by atoms with Crippen molar-refractivity contribution >= 4 is 26.8 Å². The van der Waals surface area contributed by atoms with E-state index in [0.29, 0.717) is 5.39 Å². The van der Waals surface area contributed by atoms with Gasteiger partial charge in [-0.3, -0.25) is 9.27 Å². The van der Waals surface area contributed by atoms with Crippen molar-refractivity contribution in [2.24, 2.45) is 0 Å². The molecule has 0 saturated carbocycles. The summed E-state index contributed by atoms with van der Waals surface area (Å²) >= 11 is 0. The van der Waals surface area contributed by atoms with Crippen molar-refractivity contribution < 1.29 is 18.1 Å². The van der Waals surface area contributed by atoms with Crippen molar-refractivity contribution in [1.82, 2.24) is 0 Å². The fraction of sp³-hybridized carbons (Fsp3) is 0. The predicted molar refractivity (Wildman–Crippen MR) is 60.8 cm³/mol. The standard InChI is InChI=1S/C10H9NO4S/c12-9-6-5-7-3-1-2-4-8(7)10(9)11-16(13,14)15/h1-6,11-12H,(H,13,14,15).